The van der Waals surface area contributed by atoms with E-state index in [2.05, 4.69) is 15.1 Å². The minimum Gasteiger partial charge on any atom is -0.369 e. The zero-order chi connectivity index (χ0) is 18.4. The Morgan fingerprint density at radius 1 is 1.00 bits per heavy atom. The maximum atomic E-state index is 12.1. The molecule has 1 aliphatic rings. The van der Waals surface area contributed by atoms with Crippen LogP contribution in [0.25, 0.3) is 0 Å². The van der Waals surface area contributed by atoms with Gasteiger partial charge >= 0.3 is 0 Å². The number of piperazine rings is 1. The summed E-state index contributed by atoms with van der Waals surface area (Å²) in [6.45, 7) is 4.10. The van der Waals surface area contributed by atoms with E-state index in [4.69, 9.17) is 0 Å². The zero-order valence-electron chi connectivity index (χ0n) is 14.5. The molecule has 1 heterocycles. The van der Waals surface area contributed by atoms with Crippen LogP contribution in [-0.4, -0.2) is 48.5 Å². The monoisotopic (exact) mass is 354 g/mol. The van der Waals surface area contributed by atoms with Crippen molar-refractivity contribution in [2.24, 2.45) is 0 Å². The molecule has 7 heteroatoms. The molecule has 0 unspecified atom stereocenters. The van der Waals surface area contributed by atoms with Gasteiger partial charge in [0.15, 0.2) is 0 Å². The lowest BCUT2D eigenvalue weighted by Gasteiger charge is -2.35. The molecule has 1 amide bonds. The van der Waals surface area contributed by atoms with Gasteiger partial charge in [0, 0.05) is 50.5 Å². The molecule has 0 aliphatic carbocycles. The Morgan fingerprint density at radius 2 is 1.65 bits per heavy atom. The van der Waals surface area contributed by atoms with Crippen LogP contribution in [0, 0.1) is 10.1 Å². The van der Waals surface area contributed by atoms with Gasteiger partial charge in [-0.05, 0) is 17.7 Å². The molecule has 1 aliphatic heterocycles. The summed E-state index contributed by atoms with van der Waals surface area (Å²) in [5, 5.41) is 13.7. The third-order valence-electron chi connectivity index (χ3n) is 4.50. The van der Waals surface area contributed by atoms with Crippen LogP contribution >= 0.6 is 0 Å². The van der Waals surface area contributed by atoms with Crippen LogP contribution in [0.2, 0.25) is 0 Å². The maximum absolute atomic E-state index is 12.1. The summed E-state index contributed by atoms with van der Waals surface area (Å²) in [6.07, 6.45) is 0. The number of amides is 1. The Morgan fingerprint density at radius 3 is 2.27 bits per heavy atom. The number of carbonyl (C=O) groups is 1. The number of nitrogens with zero attached hydrogens (tertiary/aromatic N) is 3. The Kier molecular flexibility index (Phi) is 5.80. The number of hydrogen-bond acceptors (Lipinski definition) is 5. The van der Waals surface area contributed by atoms with Crippen molar-refractivity contribution in [3.8, 4) is 0 Å². The third-order valence-corrected chi connectivity index (χ3v) is 4.50. The molecular formula is C19H22N4O3. The molecule has 3 rings (SSSR count). The van der Waals surface area contributed by atoms with E-state index in [1.54, 1.807) is 12.1 Å². The van der Waals surface area contributed by atoms with Crippen molar-refractivity contribution < 1.29 is 9.72 Å². The van der Waals surface area contributed by atoms with Crippen molar-refractivity contribution in [1.29, 1.82) is 0 Å². The van der Waals surface area contributed by atoms with Gasteiger partial charge in [-0.3, -0.25) is 19.8 Å². The number of rotatable bonds is 6. The second-order valence-electron chi connectivity index (χ2n) is 6.30. The number of anilines is 1. The Bertz CT molecular complexity index is 741. The van der Waals surface area contributed by atoms with Crippen molar-refractivity contribution in [3.63, 3.8) is 0 Å². The van der Waals surface area contributed by atoms with Crippen molar-refractivity contribution in [2.75, 3.05) is 37.6 Å². The lowest BCUT2D eigenvalue weighted by molar-refractivity contribution is -0.384. The van der Waals surface area contributed by atoms with E-state index in [1.165, 1.54) is 12.1 Å². The minimum atomic E-state index is -0.393. The second-order valence-corrected chi connectivity index (χ2v) is 6.30. The Hall–Kier alpha value is -2.93. The van der Waals surface area contributed by atoms with Crippen LogP contribution in [0.3, 0.4) is 0 Å². The molecule has 0 bridgehead atoms. The van der Waals surface area contributed by atoms with Crippen LogP contribution in [-0.2, 0) is 11.3 Å². The van der Waals surface area contributed by atoms with Gasteiger partial charge in [0.05, 0.1) is 11.5 Å². The van der Waals surface area contributed by atoms with Crippen molar-refractivity contribution in [3.05, 3.63) is 70.3 Å². The number of non-ortho nitro benzene ring substituents is 1. The van der Waals surface area contributed by atoms with Gasteiger partial charge in [-0.15, -0.1) is 0 Å². The standard InChI is InChI=1S/C19H22N4O3/c24-19(20-14-16-4-2-1-3-5-16)15-21-10-12-22(13-11-21)17-6-8-18(9-7-17)23(25)26/h1-9H,10-15H2,(H,20,24). The maximum Gasteiger partial charge on any atom is 0.269 e. The van der Waals surface area contributed by atoms with E-state index in [9.17, 15) is 14.9 Å². The lowest BCUT2D eigenvalue weighted by atomic mass is 10.2. The fourth-order valence-corrected chi connectivity index (χ4v) is 3.00. The van der Waals surface area contributed by atoms with Crippen molar-refractivity contribution >= 4 is 17.3 Å². The van der Waals surface area contributed by atoms with Gasteiger partial charge in [-0.2, -0.15) is 0 Å². The summed E-state index contributed by atoms with van der Waals surface area (Å²) < 4.78 is 0. The molecule has 0 radical (unpaired) electrons. The van der Waals surface area contributed by atoms with E-state index in [-0.39, 0.29) is 11.6 Å². The number of nitrogens with one attached hydrogen (secondary N) is 1. The van der Waals surface area contributed by atoms with Crippen LogP contribution in [0.5, 0.6) is 0 Å². The van der Waals surface area contributed by atoms with Gasteiger partial charge in [0.25, 0.3) is 5.69 Å². The number of benzene rings is 2. The van der Waals surface area contributed by atoms with Gasteiger partial charge in [-0.1, -0.05) is 30.3 Å². The van der Waals surface area contributed by atoms with Crippen LogP contribution in [0.4, 0.5) is 11.4 Å². The first-order valence-electron chi connectivity index (χ1n) is 8.64. The van der Waals surface area contributed by atoms with Gasteiger partial charge in [0.1, 0.15) is 0 Å². The van der Waals surface area contributed by atoms with Gasteiger partial charge in [-0.25, -0.2) is 0 Å². The highest BCUT2D eigenvalue weighted by atomic mass is 16.6. The molecule has 1 fully saturated rings. The minimum absolute atomic E-state index is 0.0256. The first-order chi connectivity index (χ1) is 12.6. The number of nitro groups is 1. The summed E-state index contributed by atoms with van der Waals surface area (Å²) in [5.41, 5.74) is 2.16. The number of carbonyl (C=O) groups excluding carboxylic acids is 1. The summed E-state index contributed by atoms with van der Waals surface area (Å²) in [7, 11) is 0. The van der Waals surface area contributed by atoms with Crippen LogP contribution in [0.1, 0.15) is 5.56 Å². The first-order valence-corrected chi connectivity index (χ1v) is 8.64. The molecule has 0 atom stereocenters. The molecule has 0 spiro atoms. The van der Waals surface area contributed by atoms with Crippen LogP contribution in [0.15, 0.2) is 54.6 Å². The molecule has 26 heavy (non-hydrogen) atoms. The second kappa shape index (κ2) is 8.44. The first kappa shape index (κ1) is 17.9. The molecule has 2 aromatic rings. The van der Waals surface area contributed by atoms with Crippen molar-refractivity contribution in [1.82, 2.24) is 10.2 Å². The molecule has 7 nitrogen and oxygen atoms in total. The Labute approximate surface area is 152 Å². The smallest absolute Gasteiger partial charge is 0.269 e. The molecule has 0 saturated carbocycles. The largest absolute Gasteiger partial charge is 0.369 e. The normalized spacial score (nSPS) is 14.8. The average molecular weight is 354 g/mol. The highest BCUT2D eigenvalue weighted by Gasteiger charge is 2.19. The molecule has 0 aromatic heterocycles. The molecule has 136 valence electrons. The Balaban J connectivity index is 1.43. The van der Waals surface area contributed by atoms with Crippen LogP contribution < -0.4 is 10.2 Å². The fourth-order valence-electron chi connectivity index (χ4n) is 3.00. The zero-order valence-corrected chi connectivity index (χ0v) is 14.5. The van der Waals surface area contributed by atoms with Gasteiger partial charge < -0.3 is 10.2 Å². The van der Waals surface area contributed by atoms with E-state index in [1.807, 2.05) is 30.3 Å². The highest BCUT2D eigenvalue weighted by molar-refractivity contribution is 5.78. The van der Waals surface area contributed by atoms with E-state index in [0.29, 0.717) is 13.1 Å². The summed E-state index contributed by atoms with van der Waals surface area (Å²) >= 11 is 0. The van der Waals surface area contributed by atoms with E-state index < -0.39 is 4.92 Å². The van der Waals surface area contributed by atoms with E-state index >= 15 is 0 Å². The lowest BCUT2D eigenvalue weighted by Crippen LogP contribution is -2.49. The van der Waals surface area contributed by atoms with Crippen molar-refractivity contribution in [2.45, 2.75) is 6.54 Å². The quantitative estimate of drug-likeness (QED) is 0.634. The predicted molar refractivity (Wildman–Crippen MR) is 100 cm³/mol. The summed E-state index contributed by atoms with van der Waals surface area (Å²) in [4.78, 5) is 26.7. The van der Waals surface area contributed by atoms with E-state index in [0.717, 1.165) is 37.4 Å². The third kappa shape index (κ3) is 4.80. The molecular weight excluding hydrogens is 332 g/mol. The molecule has 2 aromatic carbocycles. The molecule has 1 saturated heterocycles. The van der Waals surface area contributed by atoms with Gasteiger partial charge in [0.2, 0.25) is 5.91 Å². The predicted octanol–water partition coefficient (Wildman–Crippen LogP) is 2.03. The number of hydrogen-bond donors (Lipinski definition) is 1. The number of nitro benzene ring substituents is 1. The molecule has 1 N–H and O–H groups in total. The SMILES string of the molecule is O=C(CN1CCN(c2ccc([N+](=O)[O-])cc2)CC1)NCc1ccccc1. The topological polar surface area (TPSA) is 78.7 Å². The highest BCUT2D eigenvalue weighted by Crippen LogP contribution is 2.20. The summed E-state index contributed by atoms with van der Waals surface area (Å²) in [5.74, 6) is 0.0256. The average Bonchev–Trinajstić information content (AvgIpc) is 2.68. The fraction of sp³-hybridized carbons (Fsp3) is 0.316. The summed E-state index contributed by atoms with van der Waals surface area (Å²) in [6, 6.07) is 16.5.